The van der Waals surface area contributed by atoms with Crippen LogP contribution in [-0.2, 0) is 5.54 Å². The monoisotopic (exact) mass is 340 g/mol. The Morgan fingerprint density at radius 3 is 1.46 bits per heavy atom. The fourth-order valence-corrected chi connectivity index (χ4v) is 3.40. The number of hydrogen-bond donors (Lipinski definition) is 1. The van der Waals surface area contributed by atoms with E-state index in [4.69, 9.17) is 4.52 Å². The number of nitrogens with one attached hydrogen (secondary N) is 1. The van der Waals surface area contributed by atoms with Crippen LogP contribution in [0.1, 0.15) is 22.5 Å². The van der Waals surface area contributed by atoms with Crippen molar-refractivity contribution in [1.82, 2.24) is 5.16 Å². The van der Waals surface area contributed by atoms with Gasteiger partial charge >= 0.3 is 0 Å². The molecule has 4 aromatic rings. The van der Waals surface area contributed by atoms with Gasteiger partial charge in [0.15, 0.2) is 5.82 Å². The molecule has 0 radical (unpaired) electrons. The van der Waals surface area contributed by atoms with E-state index >= 15 is 0 Å². The first-order chi connectivity index (χ1) is 12.8. The summed E-state index contributed by atoms with van der Waals surface area (Å²) >= 11 is 0. The maximum absolute atomic E-state index is 5.31. The molecule has 0 atom stereocenters. The number of anilines is 1. The van der Waals surface area contributed by atoms with Gasteiger partial charge in [-0.05, 0) is 23.6 Å². The summed E-state index contributed by atoms with van der Waals surface area (Å²) in [5.41, 5.74) is 2.83. The van der Waals surface area contributed by atoms with Gasteiger partial charge in [0.05, 0.1) is 0 Å². The predicted octanol–water partition coefficient (Wildman–Crippen LogP) is 5.39. The molecule has 26 heavy (non-hydrogen) atoms. The highest BCUT2D eigenvalue weighted by molar-refractivity contribution is 5.57. The Morgan fingerprint density at radius 1 is 0.692 bits per heavy atom. The molecule has 0 aliphatic carbocycles. The molecule has 0 saturated carbocycles. The van der Waals surface area contributed by atoms with Crippen LogP contribution in [0.5, 0.6) is 0 Å². The van der Waals surface area contributed by atoms with E-state index in [0.29, 0.717) is 5.82 Å². The Bertz CT molecular complexity index is 866. The third kappa shape index (κ3) is 2.88. The van der Waals surface area contributed by atoms with Gasteiger partial charge in [0.25, 0.3) is 0 Å². The number of rotatable bonds is 5. The number of aryl methyl sites for hydroxylation is 1. The molecule has 0 fully saturated rings. The topological polar surface area (TPSA) is 38.1 Å². The van der Waals surface area contributed by atoms with E-state index in [1.54, 1.807) is 0 Å². The van der Waals surface area contributed by atoms with Crippen LogP contribution in [0.25, 0.3) is 0 Å². The molecule has 3 heteroatoms. The van der Waals surface area contributed by atoms with Gasteiger partial charge in [-0.15, -0.1) is 0 Å². The summed E-state index contributed by atoms with van der Waals surface area (Å²) in [5.74, 6) is 1.48. The van der Waals surface area contributed by atoms with Crippen molar-refractivity contribution in [3.63, 3.8) is 0 Å². The second-order valence-electron chi connectivity index (χ2n) is 6.30. The average Bonchev–Trinajstić information content (AvgIpc) is 3.13. The molecule has 1 heterocycles. The van der Waals surface area contributed by atoms with Crippen LogP contribution in [0.3, 0.4) is 0 Å². The fraction of sp³-hybridized carbons (Fsp3) is 0.0870. The summed E-state index contributed by atoms with van der Waals surface area (Å²) in [6.07, 6.45) is 0. The van der Waals surface area contributed by atoms with Crippen LogP contribution in [0.15, 0.2) is 102 Å². The lowest BCUT2D eigenvalue weighted by atomic mass is 9.77. The predicted molar refractivity (Wildman–Crippen MR) is 104 cm³/mol. The lowest BCUT2D eigenvalue weighted by Gasteiger charge is -2.36. The van der Waals surface area contributed by atoms with E-state index in [-0.39, 0.29) is 0 Å². The minimum Gasteiger partial charge on any atom is -0.360 e. The number of nitrogens with zero attached hydrogens (tertiary/aromatic N) is 1. The minimum atomic E-state index is -0.576. The van der Waals surface area contributed by atoms with Gasteiger partial charge in [0, 0.05) is 6.07 Å². The highest BCUT2D eigenvalue weighted by Gasteiger charge is 2.36. The standard InChI is InChI=1S/C23H20N2O/c1-18-17-22(25-26-18)24-23(19-11-5-2-6-12-19,20-13-7-3-8-14-20)21-15-9-4-10-16-21/h2-17H,1H3,(H,24,25). The summed E-state index contributed by atoms with van der Waals surface area (Å²) in [5, 5.41) is 7.85. The van der Waals surface area contributed by atoms with Crippen molar-refractivity contribution in [2.24, 2.45) is 0 Å². The molecule has 1 aromatic heterocycles. The Labute approximate surface area is 153 Å². The van der Waals surface area contributed by atoms with Crippen LogP contribution in [-0.4, -0.2) is 5.16 Å². The molecule has 4 rings (SSSR count). The van der Waals surface area contributed by atoms with Crippen molar-refractivity contribution < 1.29 is 4.52 Å². The fourth-order valence-electron chi connectivity index (χ4n) is 3.40. The lowest BCUT2D eigenvalue weighted by molar-refractivity contribution is 0.398. The molecular weight excluding hydrogens is 320 g/mol. The first kappa shape index (κ1) is 16.2. The third-order valence-electron chi connectivity index (χ3n) is 4.56. The van der Waals surface area contributed by atoms with Crippen molar-refractivity contribution >= 4 is 5.82 Å². The summed E-state index contributed by atoms with van der Waals surface area (Å²) in [4.78, 5) is 0. The van der Waals surface area contributed by atoms with Crippen molar-refractivity contribution in [1.29, 1.82) is 0 Å². The normalized spacial score (nSPS) is 11.3. The van der Waals surface area contributed by atoms with Gasteiger partial charge in [0.1, 0.15) is 11.3 Å². The third-order valence-corrected chi connectivity index (χ3v) is 4.56. The number of aromatic nitrogens is 1. The van der Waals surface area contributed by atoms with E-state index in [1.807, 2.05) is 31.2 Å². The zero-order chi connectivity index (χ0) is 17.8. The van der Waals surface area contributed by atoms with Gasteiger partial charge < -0.3 is 9.84 Å². The van der Waals surface area contributed by atoms with Crippen LogP contribution in [0.4, 0.5) is 5.82 Å². The molecule has 0 saturated heterocycles. The number of benzene rings is 3. The zero-order valence-electron chi connectivity index (χ0n) is 14.6. The Kier molecular flexibility index (Phi) is 4.28. The van der Waals surface area contributed by atoms with Gasteiger partial charge in [-0.3, -0.25) is 0 Å². The molecular formula is C23H20N2O. The lowest BCUT2D eigenvalue weighted by Crippen LogP contribution is -2.38. The summed E-state index contributed by atoms with van der Waals surface area (Å²) in [6.45, 7) is 1.90. The van der Waals surface area contributed by atoms with Crippen molar-refractivity contribution in [3.8, 4) is 0 Å². The first-order valence-corrected chi connectivity index (χ1v) is 8.67. The van der Waals surface area contributed by atoms with Crippen molar-refractivity contribution in [2.75, 3.05) is 5.32 Å². The zero-order valence-corrected chi connectivity index (χ0v) is 14.6. The quantitative estimate of drug-likeness (QED) is 0.495. The second kappa shape index (κ2) is 6.89. The van der Waals surface area contributed by atoms with Gasteiger partial charge in [-0.1, -0.05) is 96.2 Å². The van der Waals surface area contributed by atoms with Crippen molar-refractivity contribution in [3.05, 3.63) is 120 Å². The van der Waals surface area contributed by atoms with E-state index < -0.39 is 5.54 Å². The van der Waals surface area contributed by atoms with E-state index in [9.17, 15) is 0 Å². The molecule has 0 amide bonds. The highest BCUT2D eigenvalue weighted by atomic mass is 16.5. The highest BCUT2D eigenvalue weighted by Crippen LogP contribution is 2.39. The summed E-state index contributed by atoms with van der Waals surface area (Å²) < 4.78 is 5.31. The molecule has 0 spiro atoms. The molecule has 3 nitrogen and oxygen atoms in total. The molecule has 0 aliphatic heterocycles. The second-order valence-corrected chi connectivity index (χ2v) is 6.30. The Morgan fingerprint density at radius 2 is 1.12 bits per heavy atom. The minimum absolute atomic E-state index is 0.576. The maximum atomic E-state index is 5.31. The smallest absolute Gasteiger partial charge is 0.170 e. The van der Waals surface area contributed by atoms with Crippen LogP contribution < -0.4 is 5.32 Å². The Hall–Kier alpha value is -3.33. The molecule has 3 aromatic carbocycles. The van der Waals surface area contributed by atoms with Gasteiger partial charge in [-0.25, -0.2) is 0 Å². The maximum Gasteiger partial charge on any atom is 0.170 e. The number of hydrogen-bond acceptors (Lipinski definition) is 3. The summed E-state index contributed by atoms with van der Waals surface area (Å²) in [7, 11) is 0. The molecule has 0 aliphatic rings. The molecule has 128 valence electrons. The van der Waals surface area contributed by atoms with E-state index in [2.05, 4.69) is 83.3 Å². The summed E-state index contributed by atoms with van der Waals surface area (Å²) in [6, 6.07) is 33.2. The van der Waals surface area contributed by atoms with Crippen molar-refractivity contribution in [2.45, 2.75) is 12.5 Å². The van der Waals surface area contributed by atoms with Crippen LogP contribution >= 0.6 is 0 Å². The van der Waals surface area contributed by atoms with Gasteiger partial charge in [0.2, 0.25) is 0 Å². The first-order valence-electron chi connectivity index (χ1n) is 8.67. The molecule has 0 bridgehead atoms. The Balaban J connectivity index is 2.00. The average molecular weight is 340 g/mol. The van der Waals surface area contributed by atoms with E-state index in [0.717, 1.165) is 22.5 Å². The SMILES string of the molecule is Cc1cc(NC(c2ccccc2)(c2ccccc2)c2ccccc2)no1. The van der Waals surface area contributed by atoms with Gasteiger partial charge in [-0.2, -0.15) is 0 Å². The van der Waals surface area contributed by atoms with Crippen LogP contribution in [0.2, 0.25) is 0 Å². The van der Waals surface area contributed by atoms with Crippen LogP contribution in [0, 0.1) is 6.92 Å². The largest absolute Gasteiger partial charge is 0.360 e. The van der Waals surface area contributed by atoms with E-state index in [1.165, 1.54) is 0 Å². The molecule has 0 unspecified atom stereocenters. The molecule has 1 N–H and O–H groups in total.